The van der Waals surface area contributed by atoms with Crippen LogP contribution in [0.1, 0.15) is 341 Å². The Morgan fingerprint density at radius 3 is 0.913 bits per heavy atom. The number of aliphatic hydroxyl groups excluding tert-OH is 4. The molecule has 0 aromatic heterocycles. The number of allylic oxidation sites excluding steroid dienone is 4. The van der Waals surface area contributed by atoms with Gasteiger partial charge in [-0.2, -0.15) is 0 Å². The predicted molar refractivity (Wildman–Crippen MR) is 302 cm³/mol. The normalized spacial score (nSPS) is 13.8. The van der Waals surface area contributed by atoms with Gasteiger partial charge in [-0.25, -0.2) is 0 Å². The van der Waals surface area contributed by atoms with E-state index in [1.807, 2.05) is 0 Å². The second-order valence-corrected chi connectivity index (χ2v) is 21.7. The largest absolute Gasteiger partial charge is 0.394 e. The highest BCUT2D eigenvalue weighted by Gasteiger charge is 2.28. The standard InChI is InChI=1S/C63H123NO5/c1-3-5-7-9-11-13-15-17-19-21-23-25-27-28-29-30-31-32-33-35-36-38-40-42-44-46-48-50-52-54-56-60(66)62(68)59(58-65)64-63(69)61(67)57-55-53-51-49-47-45-43-41-39-37-34-26-24-22-20-18-16-14-12-10-8-6-4-2/h40,42,48,50,59-62,65-68H,3-39,41,43-47,49,51-58H2,1-2H3,(H,64,69)/b42-40+,50-48+. The van der Waals surface area contributed by atoms with Crippen molar-refractivity contribution in [2.75, 3.05) is 6.61 Å². The van der Waals surface area contributed by atoms with Crippen LogP contribution in [0.3, 0.4) is 0 Å². The van der Waals surface area contributed by atoms with Gasteiger partial charge in [0.2, 0.25) is 5.91 Å². The number of aliphatic hydroxyl groups is 4. The lowest BCUT2D eigenvalue weighted by Gasteiger charge is -2.27. The SMILES string of the molecule is CCCCCCCCCCCCCCCCCCCCCCC/C=C/CC/C=C/CCCC(O)C(O)C(CO)NC(=O)C(O)CCCCCCCCCCCCCCCCCCCCCCCCC. The molecular weight excluding hydrogens is 851 g/mol. The second kappa shape index (κ2) is 57.7. The molecule has 0 aliphatic carbocycles. The Labute approximate surface area is 431 Å². The van der Waals surface area contributed by atoms with Gasteiger partial charge in [-0.15, -0.1) is 0 Å². The first kappa shape index (κ1) is 67.8. The van der Waals surface area contributed by atoms with Crippen LogP contribution in [0, 0.1) is 0 Å². The van der Waals surface area contributed by atoms with E-state index in [2.05, 4.69) is 43.5 Å². The third kappa shape index (κ3) is 51.5. The van der Waals surface area contributed by atoms with Crippen LogP contribution in [0.4, 0.5) is 0 Å². The Morgan fingerprint density at radius 1 is 0.348 bits per heavy atom. The van der Waals surface area contributed by atoms with Crippen molar-refractivity contribution in [1.29, 1.82) is 0 Å². The van der Waals surface area contributed by atoms with Crippen LogP contribution in [0.15, 0.2) is 24.3 Å². The van der Waals surface area contributed by atoms with E-state index in [9.17, 15) is 25.2 Å². The van der Waals surface area contributed by atoms with Gasteiger partial charge in [0.1, 0.15) is 12.2 Å². The van der Waals surface area contributed by atoms with Gasteiger partial charge in [0.15, 0.2) is 0 Å². The summed E-state index contributed by atoms with van der Waals surface area (Å²) in [5, 5.41) is 44.1. The molecule has 0 radical (unpaired) electrons. The summed E-state index contributed by atoms with van der Waals surface area (Å²) in [5.74, 6) is -0.591. The number of nitrogens with one attached hydrogen (secondary N) is 1. The maximum atomic E-state index is 12.6. The summed E-state index contributed by atoms with van der Waals surface area (Å²) in [6.45, 7) is 4.09. The van der Waals surface area contributed by atoms with E-state index in [-0.39, 0.29) is 0 Å². The van der Waals surface area contributed by atoms with E-state index in [4.69, 9.17) is 0 Å². The summed E-state index contributed by atoms with van der Waals surface area (Å²) in [7, 11) is 0. The van der Waals surface area contributed by atoms with Crippen molar-refractivity contribution >= 4 is 5.91 Å². The van der Waals surface area contributed by atoms with Crippen molar-refractivity contribution in [3.8, 4) is 0 Å². The first-order valence-corrected chi connectivity index (χ1v) is 31.2. The Morgan fingerprint density at radius 2 is 0.609 bits per heavy atom. The molecule has 0 fully saturated rings. The maximum absolute atomic E-state index is 12.6. The Hall–Kier alpha value is -1.21. The number of rotatable bonds is 58. The van der Waals surface area contributed by atoms with Gasteiger partial charge in [-0.3, -0.25) is 4.79 Å². The predicted octanol–water partition coefficient (Wildman–Crippen LogP) is 18.6. The number of amides is 1. The number of carbonyl (C=O) groups is 1. The molecule has 5 N–H and O–H groups in total. The van der Waals surface area contributed by atoms with E-state index >= 15 is 0 Å². The molecule has 0 heterocycles. The molecule has 4 atom stereocenters. The summed E-state index contributed by atoms with van der Waals surface area (Å²) in [5.41, 5.74) is 0. The number of unbranched alkanes of at least 4 members (excludes halogenated alkanes) is 45. The average molecular weight is 975 g/mol. The van der Waals surface area contributed by atoms with Crippen LogP contribution in [-0.4, -0.2) is 57.3 Å². The zero-order valence-corrected chi connectivity index (χ0v) is 46.6. The van der Waals surface area contributed by atoms with Crippen molar-refractivity contribution in [1.82, 2.24) is 5.32 Å². The fraction of sp³-hybridized carbons (Fsp3) is 0.921. The van der Waals surface area contributed by atoms with Crippen LogP contribution in [0.25, 0.3) is 0 Å². The number of hydrogen-bond acceptors (Lipinski definition) is 5. The lowest BCUT2D eigenvalue weighted by molar-refractivity contribution is -0.132. The zero-order chi connectivity index (χ0) is 50.2. The molecule has 4 unspecified atom stereocenters. The van der Waals surface area contributed by atoms with Gasteiger partial charge < -0.3 is 25.7 Å². The molecule has 0 rings (SSSR count). The topological polar surface area (TPSA) is 110 Å². The van der Waals surface area contributed by atoms with Gasteiger partial charge in [0, 0.05) is 0 Å². The molecule has 0 aliphatic rings. The van der Waals surface area contributed by atoms with Crippen LogP contribution in [0.2, 0.25) is 0 Å². The van der Waals surface area contributed by atoms with Crippen molar-refractivity contribution in [3.05, 3.63) is 24.3 Å². The molecular formula is C63H123NO5. The van der Waals surface area contributed by atoms with Crippen LogP contribution >= 0.6 is 0 Å². The van der Waals surface area contributed by atoms with E-state index in [1.165, 1.54) is 270 Å². The fourth-order valence-electron chi connectivity index (χ4n) is 10.0. The summed E-state index contributed by atoms with van der Waals surface area (Å²) in [6.07, 6.45) is 71.3. The van der Waals surface area contributed by atoms with Gasteiger partial charge in [-0.05, 0) is 51.4 Å². The van der Waals surface area contributed by atoms with Gasteiger partial charge in [0.25, 0.3) is 0 Å². The quantitative estimate of drug-likeness (QED) is 0.0308. The molecule has 0 spiro atoms. The highest BCUT2D eigenvalue weighted by molar-refractivity contribution is 5.80. The molecule has 0 aromatic rings. The summed E-state index contributed by atoms with van der Waals surface area (Å²) in [6, 6.07) is -1.01. The second-order valence-electron chi connectivity index (χ2n) is 21.7. The Kier molecular flexibility index (Phi) is 56.7. The van der Waals surface area contributed by atoms with Gasteiger partial charge in [0.05, 0.1) is 18.8 Å². The summed E-state index contributed by atoms with van der Waals surface area (Å²) in [4.78, 5) is 12.6. The minimum Gasteiger partial charge on any atom is -0.394 e. The maximum Gasteiger partial charge on any atom is 0.249 e. The van der Waals surface area contributed by atoms with Crippen molar-refractivity contribution in [2.24, 2.45) is 0 Å². The molecule has 0 bridgehead atoms. The van der Waals surface area contributed by atoms with Crippen molar-refractivity contribution in [3.63, 3.8) is 0 Å². The summed E-state index contributed by atoms with van der Waals surface area (Å²) < 4.78 is 0. The van der Waals surface area contributed by atoms with E-state index in [0.29, 0.717) is 19.3 Å². The minimum atomic E-state index is -1.29. The highest BCUT2D eigenvalue weighted by Crippen LogP contribution is 2.19. The number of carbonyl (C=O) groups excluding carboxylic acids is 1. The van der Waals surface area contributed by atoms with E-state index in [1.54, 1.807) is 0 Å². The smallest absolute Gasteiger partial charge is 0.249 e. The third-order valence-corrected chi connectivity index (χ3v) is 14.9. The molecule has 0 aliphatic heterocycles. The fourth-order valence-corrected chi connectivity index (χ4v) is 10.0. The zero-order valence-electron chi connectivity index (χ0n) is 46.6. The first-order chi connectivity index (χ1) is 34.0. The summed E-state index contributed by atoms with van der Waals surface area (Å²) >= 11 is 0. The minimum absolute atomic E-state index is 0.365. The lowest BCUT2D eigenvalue weighted by atomic mass is 10.00. The highest BCUT2D eigenvalue weighted by atomic mass is 16.3. The molecule has 6 heteroatoms. The molecule has 1 amide bonds. The van der Waals surface area contributed by atoms with E-state index < -0.39 is 36.9 Å². The molecule has 410 valence electrons. The third-order valence-electron chi connectivity index (χ3n) is 14.9. The molecule has 0 saturated carbocycles. The van der Waals surface area contributed by atoms with Crippen molar-refractivity contribution in [2.45, 2.75) is 366 Å². The van der Waals surface area contributed by atoms with Crippen LogP contribution in [0.5, 0.6) is 0 Å². The monoisotopic (exact) mass is 974 g/mol. The van der Waals surface area contributed by atoms with Crippen molar-refractivity contribution < 1.29 is 25.2 Å². The Balaban J connectivity index is 3.62. The van der Waals surface area contributed by atoms with E-state index in [0.717, 1.165) is 38.5 Å². The average Bonchev–Trinajstić information content (AvgIpc) is 3.35. The van der Waals surface area contributed by atoms with Gasteiger partial charge in [-0.1, -0.05) is 314 Å². The van der Waals surface area contributed by atoms with Crippen LogP contribution in [-0.2, 0) is 4.79 Å². The molecule has 6 nitrogen and oxygen atoms in total. The Bertz CT molecular complexity index is 1050. The molecule has 0 aromatic carbocycles. The number of hydrogen-bond donors (Lipinski definition) is 5. The molecule has 69 heavy (non-hydrogen) atoms. The van der Waals surface area contributed by atoms with Gasteiger partial charge >= 0.3 is 0 Å². The molecule has 0 saturated heterocycles. The lowest BCUT2D eigenvalue weighted by Crippen LogP contribution is -2.53. The van der Waals surface area contributed by atoms with Crippen LogP contribution < -0.4 is 5.32 Å². The first-order valence-electron chi connectivity index (χ1n) is 31.2.